The van der Waals surface area contributed by atoms with Crippen LogP contribution in [0.5, 0.6) is 5.75 Å². The molecule has 0 aliphatic carbocycles. The normalized spacial score (nSPS) is 17.4. The van der Waals surface area contributed by atoms with Crippen molar-refractivity contribution in [3.63, 3.8) is 0 Å². The van der Waals surface area contributed by atoms with Crippen LogP contribution in [0.2, 0.25) is 0 Å². The Bertz CT molecular complexity index is 1020. The van der Waals surface area contributed by atoms with Gasteiger partial charge in [0.05, 0.1) is 0 Å². The molecule has 0 bridgehead atoms. The Balaban J connectivity index is 1.75. The first-order chi connectivity index (χ1) is 13.9. The van der Waals surface area contributed by atoms with E-state index in [-0.39, 0.29) is 5.92 Å². The van der Waals surface area contributed by atoms with Crippen LogP contribution in [0.1, 0.15) is 34.6 Å². The molecule has 0 saturated heterocycles. The van der Waals surface area contributed by atoms with E-state index in [1.54, 1.807) is 0 Å². The van der Waals surface area contributed by atoms with Crippen LogP contribution < -0.4 is 4.74 Å². The van der Waals surface area contributed by atoms with E-state index in [0.29, 0.717) is 0 Å². The summed E-state index contributed by atoms with van der Waals surface area (Å²) < 4.78 is 6.84. The molecule has 4 aromatic carbocycles. The third kappa shape index (κ3) is 2.80. The van der Waals surface area contributed by atoms with Crippen molar-refractivity contribution in [3.05, 3.63) is 138 Å². The first-order valence-electron chi connectivity index (χ1n) is 9.81. The highest BCUT2D eigenvalue weighted by Gasteiger charge is 2.44. The van der Waals surface area contributed by atoms with Gasteiger partial charge in [-0.15, -0.1) is 0 Å². The van der Waals surface area contributed by atoms with Gasteiger partial charge in [0.25, 0.3) is 0 Å². The Labute approximate surface area is 166 Å². The standard InChI is InChI=1S/C27H22O/c1-4-12-21(13-5-1)25-20-27(22-14-6-2-7-15-22,23-16-8-3-9-17-23)28-26-19-11-10-18-24(25)26/h1-19,25H,20H2. The van der Waals surface area contributed by atoms with Gasteiger partial charge in [-0.25, -0.2) is 0 Å². The molecule has 0 amide bonds. The van der Waals surface area contributed by atoms with Crippen LogP contribution in [0, 0.1) is 0 Å². The molecule has 4 aromatic rings. The van der Waals surface area contributed by atoms with Crippen molar-refractivity contribution in [2.75, 3.05) is 0 Å². The zero-order valence-corrected chi connectivity index (χ0v) is 15.7. The topological polar surface area (TPSA) is 9.23 Å². The summed E-state index contributed by atoms with van der Waals surface area (Å²) in [5.41, 5.74) is 4.45. The van der Waals surface area contributed by atoms with Gasteiger partial charge in [-0.1, -0.05) is 109 Å². The van der Waals surface area contributed by atoms with Crippen molar-refractivity contribution in [3.8, 4) is 5.75 Å². The number of ether oxygens (including phenoxy) is 1. The van der Waals surface area contributed by atoms with E-state index in [0.717, 1.165) is 12.2 Å². The van der Waals surface area contributed by atoms with Crippen molar-refractivity contribution in [2.24, 2.45) is 0 Å². The van der Waals surface area contributed by atoms with Gasteiger partial charge < -0.3 is 4.74 Å². The van der Waals surface area contributed by atoms with Gasteiger partial charge >= 0.3 is 0 Å². The summed E-state index contributed by atoms with van der Waals surface area (Å²) >= 11 is 0. The summed E-state index contributed by atoms with van der Waals surface area (Å²) in [6.45, 7) is 0. The molecule has 0 saturated carbocycles. The smallest absolute Gasteiger partial charge is 0.160 e. The maximum atomic E-state index is 6.84. The van der Waals surface area contributed by atoms with Crippen LogP contribution in [0.25, 0.3) is 0 Å². The fraction of sp³-hybridized carbons (Fsp3) is 0.111. The molecule has 1 nitrogen and oxygen atoms in total. The Morgan fingerprint density at radius 1 is 0.571 bits per heavy atom. The molecular weight excluding hydrogens is 340 g/mol. The van der Waals surface area contributed by atoms with Crippen molar-refractivity contribution >= 4 is 0 Å². The Kier molecular flexibility index (Phi) is 4.21. The molecule has 1 heteroatoms. The van der Waals surface area contributed by atoms with Gasteiger partial charge in [0.15, 0.2) is 5.60 Å². The molecule has 1 aliphatic heterocycles. The van der Waals surface area contributed by atoms with Crippen LogP contribution in [-0.2, 0) is 5.60 Å². The summed E-state index contributed by atoms with van der Waals surface area (Å²) in [5, 5.41) is 0. The molecular formula is C27H22O. The molecule has 0 radical (unpaired) electrons. The fourth-order valence-electron chi connectivity index (χ4n) is 4.41. The van der Waals surface area contributed by atoms with Crippen LogP contribution in [-0.4, -0.2) is 0 Å². The first-order valence-corrected chi connectivity index (χ1v) is 9.81. The Morgan fingerprint density at radius 2 is 1.07 bits per heavy atom. The average molecular weight is 362 g/mol. The molecule has 0 fully saturated rings. The lowest BCUT2D eigenvalue weighted by Crippen LogP contribution is -2.40. The average Bonchev–Trinajstić information content (AvgIpc) is 2.80. The molecule has 0 spiro atoms. The minimum absolute atomic E-state index is 0.270. The summed E-state index contributed by atoms with van der Waals surface area (Å²) in [4.78, 5) is 0. The van der Waals surface area contributed by atoms with Gasteiger partial charge in [0, 0.05) is 17.9 Å². The van der Waals surface area contributed by atoms with E-state index in [1.807, 2.05) is 0 Å². The minimum Gasteiger partial charge on any atom is -0.477 e. The van der Waals surface area contributed by atoms with E-state index in [2.05, 4.69) is 115 Å². The summed E-state index contributed by atoms with van der Waals surface area (Å²) in [6, 6.07) is 40.5. The SMILES string of the molecule is c1ccc(C2CC(c3ccccc3)(c3ccccc3)Oc3ccccc32)cc1. The third-order valence-corrected chi connectivity index (χ3v) is 5.75. The van der Waals surface area contributed by atoms with Gasteiger partial charge in [-0.2, -0.15) is 0 Å². The molecule has 1 unspecified atom stereocenters. The van der Waals surface area contributed by atoms with E-state index in [1.165, 1.54) is 22.3 Å². The number of hydrogen-bond donors (Lipinski definition) is 0. The van der Waals surface area contributed by atoms with Crippen molar-refractivity contribution in [1.29, 1.82) is 0 Å². The zero-order valence-electron chi connectivity index (χ0n) is 15.7. The zero-order chi connectivity index (χ0) is 18.8. The number of hydrogen-bond acceptors (Lipinski definition) is 1. The highest BCUT2D eigenvalue weighted by molar-refractivity contribution is 5.50. The van der Waals surface area contributed by atoms with Crippen LogP contribution in [0.4, 0.5) is 0 Å². The van der Waals surface area contributed by atoms with Crippen LogP contribution in [0.3, 0.4) is 0 Å². The molecule has 28 heavy (non-hydrogen) atoms. The highest BCUT2D eigenvalue weighted by atomic mass is 16.5. The second kappa shape index (κ2) is 7.01. The second-order valence-electron chi connectivity index (χ2n) is 7.37. The summed E-state index contributed by atoms with van der Waals surface area (Å²) in [6.07, 6.45) is 0.863. The lowest BCUT2D eigenvalue weighted by molar-refractivity contribution is 0.0776. The largest absolute Gasteiger partial charge is 0.477 e. The lowest BCUT2D eigenvalue weighted by atomic mass is 9.73. The fourth-order valence-corrected chi connectivity index (χ4v) is 4.41. The van der Waals surface area contributed by atoms with E-state index in [4.69, 9.17) is 4.74 Å². The lowest BCUT2D eigenvalue weighted by Gasteiger charge is -2.43. The van der Waals surface area contributed by atoms with Gasteiger partial charge in [0.1, 0.15) is 5.75 Å². The molecule has 1 aliphatic rings. The molecule has 0 N–H and O–H groups in total. The van der Waals surface area contributed by atoms with Gasteiger partial charge in [0.2, 0.25) is 0 Å². The van der Waals surface area contributed by atoms with Crippen LogP contribution in [0.15, 0.2) is 115 Å². The van der Waals surface area contributed by atoms with E-state index < -0.39 is 5.60 Å². The maximum absolute atomic E-state index is 6.84. The summed E-state index contributed by atoms with van der Waals surface area (Å²) in [7, 11) is 0. The molecule has 1 atom stereocenters. The van der Waals surface area contributed by atoms with E-state index >= 15 is 0 Å². The number of fused-ring (bicyclic) bond motifs is 1. The van der Waals surface area contributed by atoms with Crippen molar-refractivity contribution in [1.82, 2.24) is 0 Å². The number of rotatable bonds is 3. The maximum Gasteiger partial charge on any atom is 0.160 e. The second-order valence-corrected chi connectivity index (χ2v) is 7.37. The molecule has 5 rings (SSSR count). The quantitative estimate of drug-likeness (QED) is 0.402. The predicted octanol–water partition coefficient (Wildman–Crippen LogP) is 6.54. The van der Waals surface area contributed by atoms with Crippen molar-refractivity contribution < 1.29 is 4.74 Å². The monoisotopic (exact) mass is 362 g/mol. The third-order valence-electron chi connectivity index (χ3n) is 5.75. The number of para-hydroxylation sites is 1. The highest BCUT2D eigenvalue weighted by Crippen LogP contribution is 2.51. The van der Waals surface area contributed by atoms with Crippen LogP contribution >= 0.6 is 0 Å². The summed E-state index contributed by atoms with van der Waals surface area (Å²) in [5.74, 6) is 1.24. The first kappa shape index (κ1) is 16.8. The van der Waals surface area contributed by atoms with Crippen molar-refractivity contribution in [2.45, 2.75) is 17.9 Å². The minimum atomic E-state index is -0.516. The van der Waals surface area contributed by atoms with E-state index in [9.17, 15) is 0 Å². The Morgan fingerprint density at radius 3 is 1.68 bits per heavy atom. The van der Waals surface area contributed by atoms with Gasteiger partial charge in [-0.05, 0) is 22.8 Å². The Hall–Kier alpha value is -3.32. The van der Waals surface area contributed by atoms with Gasteiger partial charge in [-0.3, -0.25) is 0 Å². The predicted molar refractivity (Wildman–Crippen MR) is 114 cm³/mol. The molecule has 1 heterocycles. The molecule has 136 valence electrons. The number of benzene rings is 4. The molecule has 0 aromatic heterocycles.